The molecule has 1 aliphatic carbocycles. The molecule has 5 heteroatoms. The van der Waals surface area contributed by atoms with Gasteiger partial charge in [-0.05, 0) is 12.8 Å². The molecule has 0 aromatic rings. The first-order valence-corrected chi connectivity index (χ1v) is 4.40. The third-order valence-corrected chi connectivity index (χ3v) is 2.38. The summed E-state index contributed by atoms with van der Waals surface area (Å²) in [6.45, 7) is 0. The summed E-state index contributed by atoms with van der Waals surface area (Å²) in [4.78, 5) is 0. The second kappa shape index (κ2) is 3.67. The van der Waals surface area contributed by atoms with Crippen molar-refractivity contribution in [3.8, 4) is 0 Å². The van der Waals surface area contributed by atoms with Gasteiger partial charge in [-0.3, -0.25) is 4.72 Å². The summed E-state index contributed by atoms with van der Waals surface area (Å²) in [6.07, 6.45) is 3.86. The van der Waals surface area contributed by atoms with Gasteiger partial charge in [-0.25, -0.2) is 0 Å². The number of hydrogen-bond acceptors (Lipinski definition) is 2. The molecule has 1 N–H and O–H groups in total. The number of nitrogens with one attached hydrogen (secondary N) is 1. The van der Waals surface area contributed by atoms with Gasteiger partial charge < -0.3 is 0 Å². The van der Waals surface area contributed by atoms with Crippen LogP contribution in [0.1, 0.15) is 25.7 Å². The van der Waals surface area contributed by atoms with Crippen molar-refractivity contribution in [2.24, 2.45) is 0 Å². The van der Waals surface area contributed by atoms with Crippen LogP contribution in [0.5, 0.6) is 0 Å². The van der Waals surface area contributed by atoms with Crippen LogP contribution in [0.2, 0.25) is 0 Å². The fourth-order valence-corrected chi connectivity index (χ4v) is 1.73. The van der Waals surface area contributed by atoms with E-state index in [2.05, 4.69) is 4.72 Å². The van der Waals surface area contributed by atoms with Gasteiger partial charge in [0.25, 0.3) is 0 Å². The highest BCUT2D eigenvalue weighted by Gasteiger charge is 2.30. The second-order valence-electron chi connectivity index (χ2n) is 2.65. The van der Waals surface area contributed by atoms with Crippen molar-refractivity contribution < 1.29 is 13.2 Å². The molecule has 0 saturated heterocycles. The Labute approximate surface area is 67.9 Å². The van der Waals surface area contributed by atoms with Gasteiger partial charge in [-0.1, -0.05) is 12.8 Å². The molecule has 1 fully saturated rings. The first-order chi connectivity index (χ1) is 5.08. The molecule has 1 rings (SSSR count). The zero-order chi connectivity index (χ0) is 8.32. The molecule has 0 spiro atoms. The van der Waals surface area contributed by atoms with Gasteiger partial charge in [0.15, 0.2) is 0 Å². The van der Waals surface area contributed by atoms with E-state index in [1.54, 1.807) is 0 Å². The number of alkyl halides is 3. The number of halogens is 3. The molecule has 1 saturated carbocycles. The maximum atomic E-state index is 11.6. The molecule has 1 aliphatic rings. The van der Waals surface area contributed by atoms with E-state index in [9.17, 15) is 13.2 Å². The zero-order valence-corrected chi connectivity index (χ0v) is 6.76. The molecule has 0 amide bonds. The molecule has 0 aromatic carbocycles. The molecule has 0 aromatic heterocycles. The topological polar surface area (TPSA) is 12.0 Å². The van der Waals surface area contributed by atoms with Crippen LogP contribution in [0.3, 0.4) is 0 Å². The highest BCUT2D eigenvalue weighted by Crippen LogP contribution is 2.30. The van der Waals surface area contributed by atoms with E-state index in [0.29, 0.717) is 0 Å². The van der Waals surface area contributed by atoms with Gasteiger partial charge in [0, 0.05) is 18.0 Å². The van der Waals surface area contributed by atoms with E-state index in [1.807, 2.05) is 0 Å². The van der Waals surface area contributed by atoms with Crippen molar-refractivity contribution in [3.63, 3.8) is 0 Å². The standard InChI is InChI=1S/C6H10F3NS/c7-6(8,9)11-10-5-3-1-2-4-5/h5,10H,1-4H2. The first kappa shape index (κ1) is 9.19. The normalized spacial score (nSPS) is 21.0. The van der Waals surface area contributed by atoms with Crippen LogP contribution in [0, 0.1) is 0 Å². The molecule has 0 unspecified atom stereocenters. The van der Waals surface area contributed by atoms with Gasteiger partial charge in [0.05, 0.1) is 0 Å². The minimum Gasteiger partial charge on any atom is -0.254 e. The largest absolute Gasteiger partial charge is 0.456 e. The monoisotopic (exact) mass is 185 g/mol. The van der Waals surface area contributed by atoms with Gasteiger partial charge in [0.2, 0.25) is 0 Å². The highest BCUT2D eigenvalue weighted by molar-refractivity contribution is 7.98. The van der Waals surface area contributed by atoms with Crippen LogP contribution >= 0.6 is 11.9 Å². The van der Waals surface area contributed by atoms with Crippen molar-refractivity contribution in [3.05, 3.63) is 0 Å². The van der Waals surface area contributed by atoms with Crippen LogP contribution in [0.4, 0.5) is 13.2 Å². The Morgan fingerprint density at radius 3 is 2.18 bits per heavy atom. The predicted molar refractivity (Wildman–Crippen MR) is 39.0 cm³/mol. The van der Waals surface area contributed by atoms with Crippen molar-refractivity contribution in [1.29, 1.82) is 0 Å². The van der Waals surface area contributed by atoms with Crippen LogP contribution < -0.4 is 4.72 Å². The Morgan fingerprint density at radius 2 is 1.73 bits per heavy atom. The lowest BCUT2D eigenvalue weighted by molar-refractivity contribution is -0.0337. The second-order valence-corrected chi connectivity index (χ2v) is 3.55. The molecule has 11 heavy (non-hydrogen) atoms. The molecular weight excluding hydrogens is 175 g/mol. The highest BCUT2D eigenvalue weighted by atomic mass is 32.2. The zero-order valence-electron chi connectivity index (χ0n) is 5.95. The minimum absolute atomic E-state index is 0.0709. The van der Waals surface area contributed by atoms with Gasteiger partial charge in [0.1, 0.15) is 0 Å². The SMILES string of the molecule is FC(F)(F)SNC1CCCC1. The fraction of sp³-hybridized carbons (Fsp3) is 1.00. The summed E-state index contributed by atoms with van der Waals surface area (Å²) in [6, 6.07) is 0.0709. The summed E-state index contributed by atoms with van der Waals surface area (Å²) in [5.41, 5.74) is -4.14. The maximum Gasteiger partial charge on any atom is 0.456 e. The summed E-state index contributed by atoms with van der Waals surface area (Å²) in [7, 11) is 0. The van der Waals surface area contributed by atoms with E-state index in [4.69, 9.17) is 0 Å². The molecule has 0 aliphatic heterocycles. The van der Waals surface area contributed by atoms with Crippen LogP contribution in [-0.2, 0) is 0 Å². The van der Waals surface area contributed by atoms with E-state index >= 15 is 0 Å². The Bertz CT molecular complexity index is 119. The lowest BCUT2D eigenvalue weighted by Gasteiger charge is -2.11. The Hall–Kier alpha value is 0.1000. The molecule has 0 radical (unpaired) electrons. The van der Waals surface area contributed by atoms with E-state index in [0.717, 1.165) is 25.7 Å². The average molecular weight is 185 g/mol. The third kappa shape index (κ3) is 3.86. The van der Waals surface area contributed by atoms with Crippen molar-refractivity contribution >= 4 is 11.9 Å². The summed E-state index contributed by atoms with van der Waals surface area (Å²) >= 11 is -0.119. The predicted octanol–water partition coefficient (Wildman–Crippen LogP) is 2.69. The molecule has 1 nitrogen and oxygen atoms in total. The number of hydrogen-bond donors (Lipinski definition) is 1. The Balaban J connectivity index is 2.11. The minimum atomic E-state index is -4.14. The summed E-state index contributed by atoms with van der Waals surface area (Å²) < 4.78 is 37.2. The molecule has 0 atom stereocenters. The molecule has 0 bridgehead atoms. The molecule has 66 valence electrons. The Morgan fingerprint density at radius 1 is 1.18 bits per heavy atom. The number of rotatable bonds is 2. The van der Waals surface area contributed by atoms with Gasteiger partial charge in [-0.15, -0.1) is 0 Å². The van der Waals surface area contributed by atoms with Crippen molar-refractivity contribution in [1.82, 2.24) is 4.72 Å². The van der Waals surface area contributed by atoms with E-state index in [1.165, 1.54) is 0 Å². The first-order valence-electron chi connectivity index (χ1n) is 3.58. The Kier molecular flexibility index (Phi) is 3.06. The molecular formula is C6H10F3NS. The van der Waals surface area contributed by atoms with Crippen LogP contribution in [0.15, 0.2) is 0 Å². The van der Waals surface area contributed by atoms with Crippen molar-refractivity contribution in [2.75, 3.05) is 0 Å². The molecule has 0 heterocycles. The smallest absolute Gasteiger partial charge is 0.254 e. The average Bonchev–Trinajstić information content (AvgIpc) is 2.32. The van der Waals surface area contributed by atoms with Crippen LogP contribution in [0.25, 0.3) is 0 Å². The fourth-order valence-electron chi connectivity index (χ4n) is 1.19. The van der Waals surface area contributed by atoms with Crippen LogP contribution in [-0.4, -0.2) is 11.6 Å². The lowest BCUT2D eigenvalue weighted by atomic mass is 10.3. The van der Waals surface area contributed by atoms with Crippen molar-refractivity contribution in [2.45, 2.75) is 37.2 Å². The summed E-state index contributed by atoms with van der Waals surface area (Å²) in [5.74, 6) is 0. The third-order valence-electron chi connectivity index (χ3n) is 1.70. The van der Waals surface area contributed by atoms with E-state index in [-0.39, 0.29) is 18.0 Å². The maximum absolute atomic E-state index is 11.6. The van der Waals surface area contributed by atoms with E-state index < -0.39 is 5.51 Å². The lowest BCUT2D eigenvalue weighted by Crippen LogP contribution is -2.23. The quantitative estimate of drug-likeness (QED) is 0.664. The summed E-state index contributed by atoms with van der Waals surface area (Å²) in [5, 5.41) is 0. The van der Waals surface area contributed by atoms with Gasteiger partial charge in [-0.2, -0.15) is 13.2 Å². The van der Waals surface area contributed by atoms with Gasteiger partial charge >= 0.3 is 5.51 Å².